The first-order valence-corrected chi connectivity index (χ1v) is 5.83. The number of nitrogens with zero attached hydrogens (tertiary/aromatic N) is 1. The van der Waals surface area contributed by atoms with Gasteiger partial charge in [-0.2, -0.15) is 0 Å². The second kappa shape index (κ2) is 6.11. The summed E-state index contributed by atoms with van der Waals surface area (Å²) in [6.07, 6.45) is -0.109. The van der Waals surface area contributed by atoms with Crippen LogP contribution in [0.3, 0.4) is 0 Å². The second-order valence-electron chi connectivity index (χ2n) is 4.76. The molecule has 90 valence electrons. The molecule has 0 heterocycles. The van der Waals surface area contributed by atoms with Crippen molar-refractivity contribution in [1.82, 2.24) is 4.90 Å². The van der Waals surface area contributed by atoms with Crippen molar-refractivity contribution >= 4 is 5.84 Å². The molecule has 0 fully saturated rings. The first kappa shape index (κ1) is 14.4. The molecule has 0 aliphatic carbocycles. The molecule has 1 atom stereocenters. The van der Waals surface area contributed by atoms with E-state index in [0.717, 1.165) is 13.1 Å². The van der Waals surface area contributed by atoms with Crippen LogP contribution in [0.5, 0.6) is 0 Å². The molecule has 0 amide bonds. The van der Waals surface area contributed by atoms with Crippen molar-refractivity contribution in [2.24, 2.45) is 5.41 Å². The molecule has 15 heavy (non-hydrogen) atoms. The predicted molar refractivity (Wildman–Crippen MR) is 65.5 cm³/mol. The first-order valence-electron chi connectivity index (χ1n) is 5.83. The molecule has 1 unspecified atom stereocenters. The summed E-state index contributed by atoms with van der Waals surface area (Å²) in [5.41, 5.74) is -0.0182. The van der Waals surface area contributed by atoms with Crippen molar-refractivity contribution in [3.63, 3.8) is 0 Å². The summed E-state index contributed by atoms with van der Waals surface area (Å²) in [5, 5.41) is 8.16. The molecule has 0 spiro atoms. The van der Waals surface area contributed by atoms with Crippen molar-refractivity contribution in [1.29, 1.82) is 5.41 Å². The fourth-order valence-electron chi connectivity index (χ4n) is 1.64. The van der Waals surface area contributed by atoms with Crippen molar-refractivity contribution < 1.29 is 4.74 Å². The lowest BCUT2D eigenvalue weighted by Gasteiger charge is -2.35. The molecular weight excluding hydrogens is 188 g/mol. The van der Waals surface area contributed by atoms with Gasteiger partial charge in [-0.1, -0.05) is 20.8 Å². The smallest absolute Gasteiger partial charge is 0.126 e. The highest BCUT2D eigenvalue weighted by Gasteiger charge is 2.31. The molecule has 0 saturated carbocycles. The molecule has 3 nitrogen and oxygen atoms in total. The maximum absolute atomic E-state index is 8.16. The van der Waals surface area contributed by atoms with Gasteiger partial charge in [-0.05, 0) is 26.2 Å². The van der Waals surface area contributed by atoms with Crippen LogP contribution in [0.2, 0.25) is 0 Å². The maximum atomic E-state index is 8.16. The zero-order valence-corrected chi connectivity index (χ0v) is 11.1. The van der Waals surface area contributed by atoms with Gasteiger partial charge in [0.2, 0.25) is 0 Å². The van der Waals surface area contributed by atoms with Crippen LogP contribution in [0, 0.1) is 10.8 Å². The molecule has 0 radical (unpaired) electrons. The van der Waals surface area contributed by atoms with Crippen LogP contribution in [-0.4, -0.2) is 36.5 Å². The van der Waals surface area contributed by atoms with E-state index in [1.54, 1.807) is 0 Å². The van der Waals surface area contributed by atoms with Crippen LogP contribution >= 0.6 is 0 Å². The van der Waals surface area contributed by atoms with Gasteiger partial charge in [0.25, 0.3) is 0 Å². The van der Waals surface area contributed by atoms with Gasteiger partial charge in [-0.25, -0.2) is 0 Å². The molecule has 0 aliphatic rings. The van der Waals surface area contributed by atoms with E-state index in [4.69, 9.17) is 10.1 Å². The van der Waals surface area contributed by atoms with Crippen LogP contribution in [0.15, 0.2) is 0 Å². The largest absolute Gasteiger partial charge is 0.370 e. The third-order valence-corrected chi connectivity index (χ3v) is 2.47. The Morgan fingerprint density at radius 3 is 1.93 bits per heavy atom. The lowest BCUT2D eigenvalue weighted by atomic mass is 9.87. The summed E-state index contributed by atoms with van der Waals surface area (Å²) >= 11 is 0. The van der Waals surface area contributed by atoms with E-state index in [1.807, 2.05) is 11.8 Å². The Bertz CT molecular complexity index is 192. The lowest BCUT2D eigenvalue weighted by Crippen LogP contribution is -2.46. The van der Waals surface area contributed by atoms with Gasteiger partial charge in [0.1, 0.15) is 11.9 Å². The molecule has 1 N–H and O–H groups in total. The average molecular weight is 214 g/mol. The molecular formula is C12H26N2O. The molecule has 0 aromatic heterocycles. The molecule has 0 bridgehead atoms. The number of hydrogen-bond donors (Lipinski definition) is 1. The third-order valence-electron chi connectivity index (χ3n) is 2.47. The predicted octanol–water partition coefficient (Wildman–Crippen LogP) is 2.76. The Kier molecular flexibility index (Phi) is 5.88. The molecule has 3 heteroatoms. The minimum atomic E-state index is -0.109. The van der Waals surface area contributed by atoms with Crippen LogP contribution in [-0.2, 0) is 4.74 Å². The first-order chi connectivity index (χ1) is 6.88. The van der Waals surface area contributed by atoms with E-state index in [-0.39, 0.29) is 11.5 Å². The average Bonchev–Trinajstić information content (AvgIpc) is 2.14. The summed E-state index contributed by atoms with van der Waals surface area (Å²) in [5.74, 6) is 0.606. The molecule has 0 saturated heterocycles. The van der Waals surface area contributed by atoms with E-state index < -0.39 is 0 Å². The quantitative estimate of drug-likeness (QED) is 0.564. The Morgan fingerprint density at radius 2 is 1.67 bits per heavy atom. The van der Waals surface area contributed by atoms with Crippen LogP contribution < -0.4 is 0 Å². The van der Waals surface area contributed by atoms with E-state index in [2.05, 4.69) is 34.6 Å². The monoisotopic (exact) mass is 214 g/mol. The SMILES string of the molecule is CCOC(C(=N)N(CC)CC)C(C)(C)C. The van der Waals surface area contributed by atoms with Crippen LogP contribution in [0.1, 0.15) is 41.5 Å². The molecule has 0 aromatic carbocycles. The zero-order chi connectivity index (χ0) is 12.1. The van der Waals surface area contributed by atoms with Crippen molar-refractivity contribution in [3.8, 4) is 0 Å². The topological polar surface area (TPSA) is 36.3 Å². The van der Waals surface area contributed by atoms with Crippen molar-refractivity contribution in [2.75, 3.05) is 19.7 Å². The van der Waals surface area contributed by atoms with Gasteiger partial charge in [0.15, 0.2) is 0 Å². The minimum Gasteiger partial charge on any atom is -0.370 e. The van der Waals surface area contributed by atoms with E-state index in [0.29, 0.717) is 12.4 Å². The van der Waals surface area contributed by atoms with Crippen LogP contribution in [0.4, 0.5) is 0 Å². The number of hydrogen-bond acceptors (Lipinski definition) is 2. The van der Waals surface area contributed by atoms with E-state index in [1.165, 1.54) is 0 Å². The lowest BCUT2D eigenvalue weighted by molar-refractivity contribution is 0.0275. The summed E-state index contributed by atoms with van der Waals surface area (Å²) in [7, 11) is 0. The van der Waals surface area contributed by atoms with Gasteiger partial charge >= 0.3 is 0 Å². The summed E-state index contributed by atoms with van der Waals surface area (Å²) in [6.45, 7) is 14.9. The zero-order valence-electron chi connectivity index (χ0n) is 11.1. The second-order valence-corrected chi connectivity index (χ2v) is 4.76. The van der Waals surface area contributed by atoms with Gasteiger partial charge < -0.3 is 9.64 Å². The number of nitrogens with one attached hydrogen (secondary N) is 1. The molecule has 0 rings (SSSR count). The molecule has 0 aliphatic heterocycles. The molecule has 0 aromatic rings. The fraction of sp³-hybridized carbons (Fsp3) is 0.917. The Balaban J connectivity index is 4.69. The van der Waals surface area contributed by atoms with Gasteiger partial charge in [-0.15, -0.1) is 0 Å². The Morgan fingerprint density at radius 1 is 1.20 bits per heavy atom. The van der Waals surface area contributed by atoms with E-state index in [9.17, 15) is 0 Å². The summed E-state index contributed by atoms with van der Waals surface area (Å²) < 4.78 is 5.69. The van der Waals surface area contributed by atoms with Gasteiger partial charge in [0, 0.05) is 19.7 Å². The minimum absolute atomic E-state index is 0.0182. The third kappa shape index (κ3) is 4.20. The number of amidine groups is 1. The normalized spacial score (nSPS) is 13.7. The fourth-order valence-corrected chi connectivity index (χ4v) is 1.64. The van der Waals surface area contributed by atoms with E-state index >= 15 is 0 Å². The van der Waals surface area contributed by atoms with Crippen LogP contribution in [0.25, 0.3) is 0 Å². The van der Waals surface area contributed by atoms with Crippen molar-refractivity contribution in [2.45, 2.75) is 47.6 Å². The Hall–Kier alpha value is -0.570. The number of ether oxygens (including phenoxy) is 1. The standard InChI is InChI=1S/C12H26N2O/c1-7-14(8-2)11(13)10(15-9-3)12(4,5)6/h10,13H,7-9H2,1-6H3. The highest BCUT2D eigenvalue weighted by molar-refractivity contribution is 5.84. The highest BCUT2D eigenvalue weighted by atomic mass is 16.5. The van der Waals surface area contributed by atoms with Gasteiger partial charge in [0.05, 0.1) is 0 Å². The summed E-state index contributed by atoms with van der Waals surface area (Å²) in [6, 6.07) is 0. The van der Waals surface area contributed by atoms with Crippen molar-refractivity contribution in [3.05, 3.63) is 0 Å². The number of likely N-dealkylation sites (N-methyl/N-ethyl adjacent to an activating group) is 1. The maximum Gasteiger partial charge on any atom is 0.126 e. The Labute approximate surface area is 94.3 Å². The number of rotatable bonds is 5. The van der Waals surface area contributed by atoms with Gasteiger partial charge in [-0.3, -0.25) is 5.41 Å². The summed E-state index contributed by atoms with van der Waals surface area (Å²) in [4.78, 5) is 2.05. The highest BCUT2D eigenvalue weighted by Crippen LogP contribution is 2.24.